The third-order valence-electron chi connectivity index (χ3n) is 5.23. The number of esters is 1. The number of carbonyl (C=O) groups excluding carboxylic acids is 3. The van der Waals surface area contributed by atoms with E-state index in [-0.39, 0.29) is 55.1 Å². The first-order valence-electron chi connectivity index (χ1n) is 10.4. The van der Waals surface area contributed by atoms with Crippen LogP contribution in [0.15, 0.2) is 35.5 Å². The van der Waals surface area contributed by atoms with Crippen molar-refractivity contribution in [2.24, 2.45) is 10.9 Å². The molecule has 174 valence electrons. The first-order valence-corrected chi connectivity index (χ1v) is 10.4. The van der Waals surface area contributed by atoms with Crippen molar-refractivity contribution in [1.29, 1.82) is 0 Å². The molecule has 0 aliphatic carbocycles. The Morgan fingerprint density at radius 3 is 2.64 bits per heavy atom. The second kappa shape index (κ2) is 10.0. The lowest BCUT2D eigenvalue weighted by Crippen LogP contribution is -2.30. The summed E-state index contributed by atoms with van der Waals surface area (Å²) in [4.78, 5) is 38.5. The number of phenols is 1. The lowest BCUT2D eigenvalue weighted by Gasteiger charge is -2.17. The van der Waals surface area contributed by atoms with E-state index in [0.717, 1.165) is 0 Å². The van der Waals surface area contributed by atoms with E-state index in [4.69, 9.17) is 20.4 Å². The Balaban J connectivity index is 1.76. The fourth-order valence-electron chi connectivity index (χ4n) is 3.57. The van der Waals surface area contributed by atoms with Crippen LogP contribution >= 0.6 is 0 Å². The van der Waals surface area contributed by atoms with Crippen LogP contribution in [0.2, 0.25) is 0 Å². The number of amides is 1. The summed E-state index contributed by atoms with van der Waals surface area (Å²) in [5, 5.41) is 22.2. The van der Waals surface area contributed by atoms with Crippen molar-refractivity contribution in [1.82, 2.24) is 4.90 Å². The van der Waals surface area contributed by atoms with Gasteiger partial charge in [0.05, 0.1) is 18.7 Å². The van der Waals surface area contributed by atoms with Crippen molar-refractivity contribution in [3.8, 4) is 11.5 Å². The number of Topliss-reactive ketones (excluding diaryl/α,β-unsaturated/α-hetero) is 1. The molecule has 10 heteroatoms. The van der Waals surface area contributed by atoms with E-state index >= 15 is 0 Å². The molecule has 3 rings (SSSR count). The number of nitrogens with two attached hydrogens (primary N) is 1. The van der Waals surface area contributed by atoms with E-state index in [1.54, 1.807) is 25.1 Å². The van der Waals surface area contributed by atoms with E-state index in [2.05, 4.69) is 5.16 Å². The molecular formula is C23H25N3O7. The van der Waals surface area contributed by atoms with Gasteiger partial charge in [0, 0.05) is 23.7 Å². The number of ether oxygens (including phenoxy) is 2. The number of oxime groups is 1. The summed E-state index contributed by atoms with van der Waals surface area (Å²) in [6.07, 6.45) is 0.489. The van der Waals surface area contributed by atoms with Crippen molar-refractivity contribution in [2.45, 2.75) is 26.8 Å². The number of nitrogens with zero attached hydrogens (tertiary/aromatic N) is 2. The lowest BCUT2D eigenvalue weighted by molar-refractivity contribution is -0.145. The Morgan fingerprint density at radius 1 is 1.21 bits per heavy atom. The van der Waals surface area contributed by atoms with E-state index in [1.165, 1.54) is 17.0 Å². The number of aryl methyl sites for hydroxylation is 1. The molecule has 33 heavy (non-hydrogen) atoms. The summed E-state index contributed by atoms with van der Waals surface area (Å²) in [6, 6.07) is 7.55. The number of phenolic OH excluding ortho intramolecular Hbond substituents is 1. The summed E-state index contributed by atoms with van der Waals surface area (Å²) in [5.41, 5.74) is 7.82. The second-order valence-corrected chi connectivity index (χ2v) is 7.37. The van der Waals surface area contributed by atoms with Gasteiger partial charge in [-0.3, -0.25) is 9.59 Å². The van der Waals surface area contributed by atoms with Crippen LogP contribution in [-0.4, -0.2) is 58.5 Å². The third-order valence-corrected chi connectivity index (χ3v) is 5.23. The van der Waals surface area contributed by atoms with Gasteiger partial charge in [0.2, 0.25) is 0 Å². The zero-order chi connectivity index (χ0) is 24.1. The summed E-state index contributed by atoms with van der Waals surface area (Å²) in [7, 11) is 0. The molecule has 0 saturated carbocycles. The van der Waals surface area contributed by atoms with E-state index in [0.29, 0.717) is 28.7 Å². The molecule has 1 aliphatic rings. The molecule has 1 amide bonds. The average Bonchev–Trinajstić information content (AvgIpc) is 3.11. The van der Waals surface area contributed by atoms with Crippen molar-refractivity contribution in [3.05, 3.63) is 58.1 Å². The Kier molecular flexibility index (Phi) is 7.17. The van der Waals surface area contributed by atoms with E-state index in [9.17, 15) is 19.5 Å². The number of ketones is 1. The van der Waals surface area contributed by atoms with Crippen LogP contribution in [0, 0.1) is 0 Å². The molecule has 0 atom stereocenters. The van der Waals surface area contributed by atoms with Gasteiger partial charge < -0.3 is 30.4 Å². The number of amidine groups is 1. The number of carbonyl (C=O) groups is 3. The lowest BCUT2D eigenvalue weighted by atomic mass is 10.0. The maximum atomic E-state index is 12.9. The van der Waals surface area contributed by atoms with Crippen LogP contribution in [0.25, 0.3) is 0 Å². The van der Waals surface area contributed by atoms with Crippen LogP contribution in [0.4, 0.5) is 0 Å². The molecule has 0 bridgehead atoms. The standard InChI is InChI=1S/C23H25N3O7/c1-3-13-8-17(18(27)9-20(13)33-12-21(29)32-4-2)19(28)11-26-10-15-7-14(22(24)25-31)5-6-16(15)23(26)30/h5-9,27,31H,3-4,10-12H2,1-2H3,(H2,24,25). The quantitative estimate of drug-likeness (QED) is 0.129. The summed E-state index contributed by atoms with van der Waals surface area (Å²) in [6.45, 7) is 3.37. The summed E-state index contributed by atoms with van der Waals surface area (Å²) >= 11 is 0. The molecule has 0 radical (unpaired) electrons. The first kappa shape index (κ1) is 23.6. The molecule has 2 aromatic carbocycles. The minimum absolute atomic E-state index is 0.0523. The summed E-state index contributed by atoms with van der Waals surface area (Å²) < 4.78 is 10.3. The highest BCUT2D eigenvalue weighted by Crippen LogP contribution is 2.31. The Hall–Kier alpha value is -4.08. The maximum Gasteiger partial charge on any atom is 0.344 e. The SMILES string of the molecule is CCOC(=O)COc1cc(O)c(C(=O)CN2Cc3cc(C(N)=NO)ccc3C2=O)cc1CC. The van der Waals surface area contributed by atoms with Gasteiger partial charge in [0.15, 0.2) is 18.2 Å². The third kappa shape index (κ3) is 5.05. The topological polar surface area (TPSA) is 152 Å². The van der Waals surface area contributed by atoms with Crippen molar-refractivity contribution >= 4 is 23.5 Å². The number of aromatic hydroxyl groups is 1. The Morgan fingerprint density at radius 2 is 1.97 bits per heavy atom. The molecule has 4 N–H and O–H groups in total. The normalized spacial score (nSPS) is 13.1. The van der Waals surface area contributed by atoms with Crippen LogP contribution < -0.4 is 10.5 Å². The van der Waals surface area contributed by atoms with Crippen LogP contribution in [0.3, 0.4) is 0 Å². The molecule has 0 fully saturated rings. The monoisotopic (exact) mass is 455 g/mol. The van der Waals surface area contributed by atoms with Gasteiger partial charge in [0.1, 0.15) is 11.5 Å². The zero-order valence-electron chi connectivity index (χ0n) is 18.3. The molecule has 1 heterocycles. The number of benzene rings is 2. The van der Waals surface area contributed by atoms with Crippen LogP contribution in [0.5, 0.6) is 11.5 Å². The Labute approximate surface area is 190 Å². The molecule has 2 aromatic rings. The minimum atomic E-state index is -0.540. The molecule has 0 aromatic heterocycles. The maximum absolute atomic E-state index is 12.9. The number of fused-ring (bicyclic) bond motifs is 1. The van der Waals surface area contributed by atoms with Gasteiger partial charge in [-0.1, -0.05) is 18.1 Å². The highest BCUT2D eigenvalue weighted by atomic mass is 16.6. The predicted molar refractivity (Wildman–Crippen MR) is 118 cm³/mol. The van der Waals surface area contributed by atoms with Gasteiger partial charge in [-0.05, 0) is 42.7 Å². The minimum Gasteiger partial charge on any atom is -0.507 e. The smallest absolute Gasteiger partial charge is 0.344 e. The van der Waals surface area contributed by atoms with Crippen LogP contribution in [-0.2, 0) is 22.5 Å². The van der Waals surface area contributed by atoms with Gasteiger partial charge in [-0.15, -0.1) is 0 Å². The highest BCUT2D eigenvalue weighted by molar-refractivity contribution is 6.06. The second-order valence-electron chi connectivity index (χ2n) is 7.37. The van der Waals surface area contributed by atoms with Crippen molar-refractivity contribution in [2.75, 3.05) is 19.8 Å². The molecular weight excluding hydrogens is 430 g/mol. The van der Waals surface area contributed by atoms with Crippen molar-refractivity contribution < 1.29 is 34.2 Å². The van der Waals surface area contributed by atoms with Gasteiger partial charge in [-0.25, -0.2) is 4.79 Å². The van der Waals surface area contributed by atoms with Crippen molar-refractivity contribution in [3.63, 3.8) is 0 Å². The highest BCUT2D eigenvalue weighted by Gasteiger charge is 2.30. The largest absolute Gasteiger partial charge is 0.507 e. The molecule has 0 saturated heterocycles. The number of hydrogen-bond donors (Lipinski definition) is 3. The van der Waals surface area contributed by atoms with E-state index in [1.807, 2.05) is 6.92 Å². The Bertz CT molecular complexity index is 1130. The van der Waals surface area contributed by atoms with E-state index < -0.39 is 11.8 Å². The average molecular weight is 455 g/mol. The number of hydrogen-bond acceptors (Lipinski definition) is 8. The number of rotatable bonds is 9. The van der Waals surface area contributed by atoms with Gasteiger partial charge in [-0.2, -0.15) is 0 Å². The van der Waals surface area contributed by atoms with Gasteiger partial charge in [0.25, 0.3) is 5.91 Å². The predicted octanol–water partition coefficient (Wildman–Crippen LogP) is 1.83. The fourth-order valence-corrected chi connectivity index (χ4v) is 3.57. The fraction of sp³-hybridized carbons (Fsp3) is 0.304. The first-order chi connectivity index (χ1) is 15.8. The summed E-state index contributed by atoms with van der Waals surface area (Å²) in [5.74, 6) is -1.43. The molecule has 0 unspecified atom stereocenters. The van der Waals surface area contributed by atoms with Gasteiger partial charge >= 0.3 is 5.97 Å². The molecule has 0 spiro atoms. The molecule has 1 aliphatic heterocycles. The molecule has 10 nitrogen and oxygen atoms in total. The zero-order valence-corrected chi connectivity index (χ0v) is 18.3. The van der Waals surface area contributed by atoms with Crippen LogP contribution in [0.1, 0.15) is 51.3 Å².